The number of amides is 1. The lowest BCUT2D eigenvalue weighted by atomic mass is 9.95. The van der Waals surface area contributed by atoms with Crippen LogP contribution < -0.4 is 15.5 Å². The molecule has 0 fully saturated rings. The summed E-state index contributed by atoms with van der Waals surface area (Å²) in [4.78, 5) is 19.5. The molecule has 0 aliphatic carbocycles. The van der Waals surface area contributed by atoms with Gasteiger partial charge in [-0.2, -0.15) is 10.5 Å². The average Bonchev–Trinajstić information content (AvgIpc) is 3.27. The van der Waals surface area contributed by atoms with Crippen LogP contribution in [-0.2, 0) is 18.9 Å². The Labute approximate surface area is 225 Å². The van der Waals surface area contributed by atoms with Crippen LogP contribution in [0.3, 0.4) is 0 Å². The third-order valence-electron chi connectivity index (χ3n) is 6.59. The van der Waals surface area contributed by atoms with Gasteiger partial charge in [0.15, 0.2) is 0 Å². The molecule has 10 heteroatoms. The Morgan fingerprint density at radius 1 is 1.18 bits per heavy atom. The fraction of sp³-hybridized carbons (Fsp3) is 0.276. The first-order valence-corrected chi connectivity index (χ1v) is 12.4. The molecule has 3 aromatic rings. The Bertz CT molecular complexity index is 1550. The Hall–Kier alpha value is -4.83. The summed E-state index contributed by atoms with van der Waals surface area (Å²) in [7, 11) is 1.61. The molecule has 198 valence electrons. The van der Waals surface area contributed by atoms with Gasteiger partial charge in [-0.25, -0.2) is 13.8 Å². The maximum Gasteiger partial charge on any atom is 0.270 e. The van der Waals surface area contributed by atoms with Crippen LogP contribution in [-0.4, -0.2) is 30.3 Å². The lowest BCUT2D eigenvalue weighted by Gasteiger charge is -2.20. The number of pyridine rings is 1. The highest BCUT2D eigenvalue weighted by molar-refractivity contribution is 6.10. The number of nitriles is 2. The minimum atomic E-state index is -3.13. The zero-order valence-corrected chi connectivity index (χ0v) is 21.8. The van der Waals surface area contributed by atoms with Crippen molar-refractivity contribution in [1.29, 1.82) is 15.9 Å². The van der Waals surface area contributed by atoms with Gasteiger partial charge in [0, 0.05) is 37.2 Å². The fourth-order valence-corrected chi connectivity index (χ4v) is 4.60. The minimum absolute atomic E-state index is 0.0809. The molecule has 1 aromatic heterocycles. The summed E-state index contributed by atoms with van der Waals surface area (Å²) in [6.07, 6.45) is 0.712. The van der Waals surface area contributed by atoms with Crippen molar-refractivity contribution in [3.63, 3.8) is 0 Å². The normalized spacial score (nSPS) is 12.5. The molecule has 4 rings (SSSR count). The summed E-state index contributed by atoms with van der Waals surface area (Å²) >= 11 is 0. The molecule has 2 aromatic carbocycles. The molecule has 0 radical (unpaired) electrons. The van der Waals surface area contributed by atoms with E-state index >= 15 is 0 Å². The van der Waals surface area contributed by atoms with E-state index in [9.17, 15) is 18.8 Å². The Morgan fingerprint density at radius 3 is 2.59 bits per heavy atom. The molecular weight excluding hydrogens is 500 g/mol. The number of anilines is 2. The summed E-state index contributed by atoms with van der Waals surface area (Å²) < 4.78 is 29.2. The maximum atomic E-state index is 14.6. The van der Waals surface area contributed by atoms with E-state index in [1.54, 1.807) is 43.4 Å². The lowest BCUT2D eigenvalue weighted by molar-refractivity contribution is 0.0165. The van der Waals surface area contributed by atoms with Gasteiger partial charge >= 0.3 is 0 Å². The van der Waals surface area contributed by atoms with Crippen molar-refractivity contribution in [1.82, 2.24) is 10.3 Å². The van der Waals surface area contributed by atoms with Gasteiger partial charge in [-0.1, -0.05) is 6.92 Å². The largest absolute Gasteiger partial charge is 0.373 e. The van der Waals surface area contributed by atoms with Gasteiger partial charge in [0.25, 0.3) is 11.8 Å². The number of halogens is 2. The number of nitrogens with zero attached hydrogens (tertiary/aromatic N) is 4. The summed E-state index contributed by atoms with van der Waals surface area (Å²) in [5, 5.41) is 32.7. The van der Waals surface area contributed by atoms with Crippen LogP contribution in [0, 0.1) is 28.1 Å². The average molecular weight is 528 g/mol. The fourth-order valence-electron chi connectivity index (χ4n) is 4.60. The molecule has 0 saturated heterocycles. The van der Waals surface area contributed by atoms with Crippen molar-refractivity contribution in [3.8, 4) is 23.3 Å². The van der Waals surface area contributed by atoms with Gasteiger partial charge in [0.2, 0.25) is 0 Å². The minimum Gasteiger partial charge on any atom is -0.373 e. The molecule has 3 N–H and O–H groups in total. The SMILES string of the molecule is CCc1cc2c(c(C(C)(F)F)c1)CN(c1cc(-c3cc(C#N)ccc3C(=N)NC)cc(NCCC#N)n1)C2=O. The van der Waals surface area contributed by atoms with Crippen molar-refractivity contribution in [2.45, 2.75) is 39.2 Å². The molecule has 0 atom stereocenters. The molecule has 2 heterocycles. The number of amidine groups is 1. The highest BCUT2D eigenvalue weighted by Crippen LogP contribution is 2.39. The zero-order valence-electron chi connectivity index (χ0n) is 21.8. The smallest absolute Gasteiger partial charge is 0.270 e. The molecule has 0 saturated carbocycles. The highest BCUT2D eigenvalue weighted by atomic mass is 19.3. The van der Waals surface area contributed by atoms with E-state index in [-0.39, 0.29) is 41.3 Å². The summed E-state index contributed by atoms with van der Waals surface area (Å²) in [6.45, 7) is 2.88. The van der Waals surface area contributed by atoms with E-state index in [0.29, 0.717) is 46.6 Å². The second-order valence-electron chi connectivity index (χ2n) is 9.23. The number of carbonyl (C=O) groups is 1. The number of hydrogen-bond donors (Lipinski definition) is 3. The van der Waals surface area contributed by atoms with E-state index in [2.05, 4.69) is 27.8 Å². The van der Waals surface area contributed by atoms with Crippen LogP contribution in [0.1, 0.15) is 58.4 Å². The van der Waals surface area contributed by atoms with Crippen molar-refractivity contribution in [2.75, 3.05) is 23.8 Å². The molecule has 1 aliphatic rings. The third kappa shape index (κ3) is 5.41. The van der Waals surface area contributed by atoms with Crippen LogP contribution in [0.25, 0.3) is 11.1 Å². The molecule has 0 unspecified atom stereocenters. The topological polar surface area (TPSA) is 129 Å². The molecule has 1 amide bonds. The number of benzene rings is 2. The van der Waals surface area contributed by atoms with Crippen LogP contribution >= 0.6 is 0 Å². The molecule has 0 spiro atoms. The van der Waals surface area contributed by atoms with E-state index in [0.717, 1.165) is 6.92 Å². The van der Waals surface area contributed by atoms with Gasteiger partial charge in [-0.3, -0.25) is 15.1 Å². The van der Waals surface area contributed by atoms with Crippen LogP contribution in [0.15, 0.2) is 42.5 Å². The standard InChI is InChI=1S/C29H27F2N7O/c1-4-17-10-22-23(24(12-17)29(2,30)31)16-38(28(22)39)26-14-19(13-25(37-26)36-9-5-8-32)21-11-18(15-33)6-7-20(21)27(34)35-3/h6-7,10-14H,4-5,9,16H2,1-3H3,(H2,34,35)(H,36,37). The van der Waals surface area contributed by atoms with Gasteiger partial charge in [0.1, 0.15) is 17.5 Å². The third-order valence-corrected chi connectivity index (χ3v) is 6.59. The zero-order chi connectivity index (χ0) is 28.3. The number of hydrogen-bond acceptors (Lipinski definition) is 6. The number of rotatable bonds is 8. The number of nitrogens with one attached hydrogen (secondary N) is 3. The van der Waals surface area contributed by atoms with Crippen molar-refractivity contribution < 1.29 is 13.6 Å². The van der Waals surface area contributed by atoms with E-state index in [1.165, 1.54) is 11.0 Å². The van der Waals surface area contributed by atoms with Gasteiger partial charge in [-0.15, -0.1) is 0 Å². The summed E-state index contributed by atoms with van der Waals surface area (Å²) in [6, 6.07) is 15.5. The summed E-state index contributed by atoms with van der Waals surface area (Å²) in [5.74, 6) is -2.86. The number of carbonyl (C=O) groups excluding carboxylic acids is 1. The van der Waals surface area contributed by atoms with Crippen LogP contribution in [0.5, 0.6) is 0 Å². The predicted molar refractivity (Wildman–Crippen MR) is 145 cm³/mol. The Balaban J connectivity index is 1.88. The molecule has 39 heavy (non-hydrogen) atoms. The Kier molecular flexibility index (Phi) is 7.59. The Morgan fingerprint density at radius 2 is 1.95 bits per heavy atom. The molecular formula is C29H27F2N7O. The maximum absolute atomic E-state index is 14.6. The monoisotopic (exact) mass is 527 g/mol. The summed E-state index contributed by atoms with van der Waals surface area (Å²) in [5.41, 5.74) is 2.97. The first kappa shape index (κ1) is 27.2. The van der Waals surface area contributed by atoms with Gasteiger partial charge in [-0.05, 0) is 71.1 Å². The highest BCUT2D eigenvalue weighted by Gasteiger charge is 2.38. The van der Waals surface area contributed by atoms with Crippen LogP contribution in [0.4, 0.5) is 20.4 Å². The molecule has 0 bridgehead atoms. The van der Waals surface area contributed by atoms with Crippen molar-refractivity contribution in [2.24, 2.45) is 0 Å². The predicted octanol–water partition coefficient (Wildman–Crippen LogP) is 5.33. The first-order chi connectivity index (χ1) is 18.6. The van der Waals surface area contributed by atoms with E-state index in [4.69, 9.17) is 10.7 Å². The molecule has 8 nitrogen and oxygen atoms in total. The van der Waals surface area contributed by atoms with Gasteiger partial charge < -0.3 is 10.6 Å². The second-order valence-corrected chi connectivity index (χ2v) is 9.23. The van der Waals surface area contributed by atoms with Crippen molar-refractivity contribution in [3.05, 3.63) is 75.8 Å². The quantitative estimate of drug-likeness (QED) is 0.206. The van der Waals surface area contributed by atoms with Crippen molar-refractivity contribution >= 4 is 23.4 Å². The van der Waals surface area contributed by atoms with E-state index < -0.39 is 11.8 Å². The second kappa shape index (κ2) is 10.9. The number of fused-ring (bicyclic) bond motifs is 1. The molecule has 1 aliphatic heterocycles. The van der Waals surface area contributed by atoms with Gasteiger partial charge in [0.05, 0.1) is 30.7 Å². The number of aromatic nitrogens is 1. The number of alkyl halides is 2. The van der Waals surface area contributed by atoms with Crippen LogP contribution in [0.2, 0.25) is 0 Å². The van der Waals surface area contributed by atoms with E-state index in [1.807, 2.05) is 6.92 Å². The number of aryl methyl sites for hydroxylation is 1. The lowest BCUT2D eigenvalue weighted by Crippen LogP contribution is -2.25. The first-order valence-electron chi connectivity index (χ1n) is 12.4.